The van der Waals surface area contributed by atoms with E-state index in [1.165, 1.54) is 31.9 Å². The fourth-order valence-corrected chi connectivity index (χ4v) is 4.83. The van der Waals surface area contributed by atoms with Gasteiger partial charge < -0.3 is 10.2 Å². The molecule has 0 aromatic rings. The summed E-state index contributed by atoms with van der Waals surface area (Å²) in [5.41, 5.74) is -0.546. The lowest BCUT2D eigenvalue weighted by Gasteiger charge is -2.29. The number of nitrogens with one attached hydrogen (secondary N) is 2. The van der Waals surface area contributed by atoms with Crippen molar-refractivity contribution in [2.24, 2.45) is 16.8 Å². The molecule has 2 atom stereocenters. The van der Waals surface area contributed by atoms with Crippen LogP contribution in [0, 0.1) is 11.8 Å². The number of fused-ring (bicyclic) bond motifs is 1. The Morgan fingerprint density at radius 3 is 2.23 bits per heavy atom. The minimum Gasteiger partial charge on any atom is -0.354 e. The highest BCUT2D eigenvalue weighted by molar-refractivity contribution is 7.88. The molecule has 2 rings (SSSR count). The van der Waals surface area contributed by atoms with Crippen molar-refractivity contribution < 1.29 is 8.42 Å². The van der Waals surface area contributed by atoms with Crippen LogP contribution in [-0.2, 0) is 10.0 Å². The molecule has 2 unspecified atom stereocenters. The van der Waals surface area contributed by atoms with Gasteiger partial charge >= 0.3 is 0 Å². The third kappa shape index (κ3) is 4.84. The molecule has 1 aliphatic carbocycles. The second kappa shape index (κ2) is 6.74. The minimum absolute atomic E-state index is 0.512. The maximum Gasteiger partial charge on any atom is 0.209 e. The van der Waals surface area contributed by atoms with Gasteiger partial charge in [0.1, 0.15) is 0 Å². The average Bonchev–Trinajstić information content (AvgIpc) is 2.80. The van der Waals surface area contributed by atoms with Crippen molar-refractivity contribution >= 4 is 16.0 Å². The Bertz CT molecular complexity index is 502. The topological polar surface area (TPSA) is 73.8 Å². The highest BCUT2D eigenvalue weighted by atomic mass is 32.2. The van der Waals surface area contributed by atoms with E-state index in [1.807, 2.05) is 13.8 Å². The summed E-state index contributed by atoms with van der Waals surface area (Å²) in [6.07, 6.45) is 6.56. The molecule has 0 bridgehead atoms. The van der Waals surface area contributed by atoms with Crippen molar-refractivity contribution in [2.75, 3.05) is 32.9 Å². The average molecular weight is 330 g/mol. The van der Waals surface area contributed by atoms with Crippen molar-refractivity contribution in [3.8, 4) is 0 Å². The van der Waals surface area contributed by atoms with Gasteiger partial charge in [0.25, 0.3) is 0 Å². The lowest BCUT2D eigenvalue weighted by molar-refractivity contribution is 0.299. The van der Waals surface area contributed by atoms with Gasteiger partial charge in [0.05, 0.1) is 6.26 Å². The number of rotatable bonds is 4. The lowest BCUT2D eigenvalue weighted by Crippen LogP contribution is -2.53. The first kappa shape index (κ1) is 17.5. The highest BCUT2D eigenvalue weighted by Gasteiger charge is 2.36. The summed E-state index contributed by atoms with van der Waals surface area (Å²) in [7, 11) is -1.42. The smallest absolute Gasteiger partial charge is 0.209 e. The Balaban J connectivity index is 1.90. The third-order valence-corrected chi connectivity index (χ3v) is 5.56. The molecule has 1 heterocycles. The van der Waals surface area contributed by atoms with Crippen LogP contribution >= 0.6 is 0 Å². The molecule has 0 aromatic carbocycles. The second-order valence-corrected chi connectivity index (χ2v) is 9.12. The van der Waals surface area contributed by atoms with E-state index < -0.39 is 15.6 Å². The number of aliphatic imine (C=N–C) groups is 1. The number of likely N-dealkylation sites (tertiary alicyclic amines) is 1. The normalized spacial score (nSPS) is 26.9. The van der Waals surface area contributed by atoms with E-state index in [0.717, 1.165) is 30.9 Å². The molecular formula is C15H30N4O2S. The van der Waals surface area contributed by atoms with E-state index >= 15 is 0 Å². The van der Waals surface area contributed by atoms with E-state index in [0.29, 0.717) is 6.54 Å². The maximum absolute atomic E-state index is 11.4. The highest BCUT2D eigenvalue weighted by Crippen LogP contribution is 2.35. The van der Waals surface area contributed by atoms with Gasteiger partial charge in [-0.2, -0.15) is 0 Å². The first-order valence-corrected chi connectivity index (χ1v) is 10.0. The molecule has 0 amide bonds. The van der Waals surface area contributed by atoms with Crippen LogP contribution in [0.4, 0.5) is 0 Å². The third-order valence-electron chi connectivity index (χ3n) is 4.64. The van der Waals surface area contributed by atoms with E-state index in [4.69, 9.17) is 0 Å². The van der Waals surface area contributed by atoms with E-state index in [-0.39, 0.29) is 0 Å². The van der Waals surface area contributed by atoms with Crippen molar-refractivity contribution in [1.82, 2.24) is 14.9 Å². The summed E-state index contributed by atoms with van der Waals surface area (Å²) in [6, 6.07) is 0. The summed E-state index contributed by atoms with van der Waals surface area (Å²) in [5, 5.41) is 3.33. The number of guanidine groups is 1. The van der Waals surface area contributed by atoms with Gasteiger partial charge in [0.15, 0.2) is 5.96 Å². The van der Waals surface area contributed by atoms with Gasteiger partial charge in [-0.25, -0.2) is 13.1 Å². The fourth-order valence-electron chi connectivity index (χ4n) is 3.75. The zero-order valence-corrected chi connectivity index (χ0v) is 15.0. The first-order chi connectivity index (χ1) is 10.2. The Morgan fingerprint density at radius 1 is 1.23 bits per heavy atom. The van der Waals surface area contributed by atoms with Gasteiger partial charge in [0.2, 0.25) is 10.0 Å². The van der Waals surface area contributed by atoms with Gasteiger partial charge in [-0.1, -0.05) is 12.8 Å². The van der Waals surface area contributed by atoms with Gasteiger partial charge in [-0.05, 0) is 38.5 Å². The quantitative estimate of drug-likeness (QED) is 0.596. The van der Waals surface area contributed by atoms with Gasteiger partial charge in [-0.3, -0.25) is 4.99 Å². The van der Waals surface area contributed by atoms with Crippen LogP contribution in [0.5, 0.6) is 0 Å². The van der Waals surface area contributed by atoms with Crippen LogP contribution < -0.4 is 10.0 Å². The predicted molar refractivity (Wildman–Crippen MR) is 90.4 cm³/mol. The van der Waals surface area contributed by atoms with E-state index in [9.17, 15) is 8.42 Å². The second-order valence-electron chi connectivity index (χ2n) is 7.37. The Kier molecular flexibility index (Phi) is 5.37. The zero-order valence-electron chi connectivity index (χ0n) is 14.2. The van der Waals surface area contributed by atoms with Crippen molar-refractivity contribution in [3.63, 3.8) is 0 Å². The molecule has 0 aromatic heterocycles. The minimum atomic E-state index is -3.22. The number of sulfonamides is 1. The molecule has 2 aliphatic rings. The van der Waals surface area contributed by atoms with Crippen LogP contribution in [0.1, 0.15) is 39.5 Å². The molecule has 22 heavy (non-hydrogen) atoms. The van der Waals surface area contributed by atoms with Crippen LogP contribution in [0.25, 0.3) is 0 Å². The summed E-state index contributed by atoms with van der Waals surface area (Å²) in [5.74, 6) is 2.49. The van der Waals surface area contributed by atoms with Crippen LogP contribution in [0.2, 0.25) is 0 Å². The zero-order chi connectivity index (χ0) is 16.4. The summed E-state index contributed by atoms with van der Waals surface area (Å²) >= 11 is 0. The monoisotopic (exact) mass is 330 g/mol. The van der Waals surface area contributed by atoms with Gasteiger partial charge in [-0.15, -0.1) is 0 Å². The Hall–Kier alpha value is -0.820. The SMILES string of the molecule is CN=C(NCC(C)(C)NS(C)(=O)=O)N1CC2CCCCC2C1. The first-order valence-electron chi connectivity index (χ1n) is 8.15. The standard InChI is InChI=1S/C15H30N4O2S/c1-15(2,18-22(4,20)21)11-17-14(16-3)19-9-12-7-5-6-8-13(12)10-19/h12-13,18H,5-11H2,1-4H3,(H,16,17). The van der Waals surface area contributed by atoms with Crippen LogP contribution in [0.3, 0.4) is 0 Å². The van der Waals surface area contributed by atoms with Crippen LogP contribution in [-0.4, -0.2) is 57.8 Å². The number of hydrogen-bond acceptors (Lipinski definition) is 3. The fraction of sp³-hybridized carbons (Fsp3) is 0.933. The molecule has 0 radical (unpaired) electrons. The van der Waals surface area contributed by atoms with Gasteiger partial charge in [0, 0.05) is 32.2 Å². The number of nitrogens with zero attached hydrogens (tertiary/aromatic N) is 2. The molecule has 1 saturated heterocycles. The summed E-state index contributed by atoms with van der Waals surface area (Å²) in [4.78, 5) is 6.71. The molecule has 2 fully saturated rings. The summed E-state index contributed by atoms with van der Waals surface area (Å²) in [6.45, 7) is 6.41. The van der Waals surface area contributed by atoms with Crippen molar-refractivity contribution in [3.05, 3.63) is 0 Å². The molecule has 7 heteroatoms. The molecular weight excluding hydrogens is 300 g/mol. The predicted octanol–water partition coefficient (Wildman–Crippen LogP) is 1.01. The maximum atomic E-state index is 11.4. The molecule has 1 aliphatic heterocycles. The Labute approximate surface area is 134 Å². The molecule has 0 spiro atoms. The molecule has 1 saturated carbocycles. The largest absolute Gasteiger partial charge is 0.354 e. The van der Waals surface area contributed by atoms with Crippen molar-refractivity contribution in [2.45, 2.75) is 45.1 Å². The number of hydrogen-bond donors (Lipinski definition) is 2. The molecule has 128 valence electrons. The van der Waals surface area contributed by atoms with E-state index in [1.54, 1.807) is 7.05 Å². The van der Waals surface area contributed by atoms with E-state index in [2.05, 4.69) is 19.9 Å². The Morgan fingerprint density at radius 2 is 1.77 bits per heavy atom. The summed E-state index contributed by atoms with van der Waals surface area (Å²) < 4.78 is 25.5. The molecule has 6 nitrogen and oxygen atoms in total. The van der Waals surface area contributed by atoms with Crippen molar-refractivity contribution in [1.29, 1.82) is 0 Å². The molecule has 2 N–H and O–H groups in total. The van der Waals surface area contributed by atoms with Crippen LogP contribution in [0.15, 0.2) is 4.99 Å². The lowest BCUT2D eigenvalue weighted by atomic mass is 9.82.